The number of carbonyl (C=O) groups is 1. The first-order chi connectivity index (χ1) is 9.69. The van der Waals surface area contributed by atoms with E-state index < -0.39 is 0 Å². The molecule has 4 nitrogen and oxygen atoms in total. The minimum absolute atomic E-state index is 0.301. The van der Waals surface area contributed by atoms with Crippen LogP contribution in [0.1, 0.15) is 45.4 Å². The Balaban J connectivity index is 1.59. The summed E-state index contributed by atoms with van der Waals surface area (Å²) in [6.45, 7) is 7.11. The smallest absolute Gasteiger partial charge is 0.236 e. The zero-order valence-corrected chi connectivity index (χ0v) is 13.2. The first kappa shape index (κ1) is 15.8. The molecule has 1 saturated heterocycles. The van der Waals surface area contributed by atoms with Gasteiger partial charge < -0.3 is 15.1 Å². The first-order valence-corrected chi connectivity index (χ1v) is 8.38. The summed E-state index contributed by atoms with van der Waals surface area (Å²) in [5, 5.41) is 3.32. The Kier molecular flexibility index (Phi) is 6.30. The standard InChI is InChI=1S/C16H31N3O/c1-3-4-9-18(2)13-14-7-10-19(11-8-14)16(20)12-17-15-5-6-15/h14-15,17H,3-13H2,1-2H3. The third-order valence-electron chi connectivity index (χ3n) is 4.55. The lowest BCUT2D eigenvalue weighted by molar-refractivity contribution is -0.131. The van der Waals surface area contributed by atoms with Gasteiger partial charge in [0.1, 0.15) is 0 Å². The van der Waals surface area contributed by atoms with Crippen molar-refractivity contribution in [1.82, 2.24) is 15.1 Å². The molecule has 1 amide bonds. The van der Waals surface area contributed by atoms with E-state index in [2.05, 4.69) is 29.1 Å². The summed E-state index contributed by atoms with van der Waals surface area (Å²) in [5.74, 6) is 1.08. The zero-order chi connectivity index (χ0) is 14.4. The van der Waals surface area contributed by atoms with Gasteiger partial charge in [0.25, 0.3) is 0 Å². The molecule has 20 heavy (non-hydrogen) atoms. The molecular formula is C16H31N3O. The summed E-state index contributed by atoms with van der Waals surface area (Å²) in [5.41, 5.74) is 0. The predicted octanol–water partition coefficient (Wildman–Crippen LogP) is 1.71. The Morgan fingerprint density at radius 2 is 1.95 bits per heavy atom. The molecule has 1 saturated carbocycles. The lowest BCUT2D eigenvalue weighted by Crippen LogP contribution is -2.44. The van der Waals surface area contributed by atoms with Gasteiger partial charge in [-0.25, -0.2) is 0 Å². The van der Waals surface area contributed by atoms with Crippen LogP contribution in [0.25, 0.3) is 0 Å². The number of hydrogen-bond acceptors (Lipinski definition) is 3. The highest BCUT2D eigenvalue weighted by atomic mass is 16.2. The minimum Gasteiger partial charge on any atom is -0.342 e. The maximum atomic E-state index is 12.1. The molecule has 1 aliphatic carbocycles. The number of hydrogen-bond donors (Lipinski definition) is 1. The summed E-state index contributed by atoms with van der Waals surface area (Å²) in [6, 6.07) is 0.628. The second-order valence-corrected chi connectivity index (χ2v) is 6.60. The van der Waals surface area contributed by atoms with E-state index in [0.29, 0.717) is 18.5 Å². The van der Waals surface area contributed by atoms with Gasteiger partial charge in [0.2, 0.25) is 5.91 Å². The van der Waals surface area contributed by atoms with Crippen molar-refractivity contribution in [3.8, 4) is 0 Å². The van der Waals surface area contributed by atoms with E-state index in [-0.39, 0.29) is 0 Å². The summed E-state index contributed by atoms with van der Waals surface area (Å²) in [6.07, 6.45) is 7.40. The Labute approximate surface area is 123 Å². The molecule has 2 fully saturated rings. The molecule has 0 aromatic rings. The van der Waals surface area contributed by atoms with Crippen LogP contribution in [0, 0.1) is 5.92 Å². The van der Waals surface area contributed by atoms with Crippen molar-refractivity contribution in [3.05, 3.63) is 0 Å². The molecule has 2 aliphatic rings. The minimum atomic E-state index is 0.301. The molecular weight excluding hydrogens is 250 g/mol. The van der Waals surface area contributed by atoms with Gasteiger partial charge in [0.05, 0.1) is 6.54 Å². The highest BCUT2D eigenvalue weighted by Gasteiger charge is 2.25. The third-order valence-corrected chi connectivity index (χ3v) is 4.55. The summed E-state index contributed by atoms with van der Waals surface area (Å²) in [4.78, 5) is 16.6. The van der Waals surface area contributed by atoms with Crippen LogP contribution in [0.15, 0.2) is 0 Å². The molecule has 0 bridgehead atoms. The average Bonchev–Trinajstić information content (AvgIpc) is 3.27. The fourth-order valence-corrected chi connectivity index (χ4v) is 2.96. The van der Waals surface area contributed by atoms with E-state index >= 15 is 0 Å². The van der Waals surface area contributed by atoms with Gasteiger partial charge in [0, 0.05) is 25.7 Å². The average molecular weight is 281 g/mol. The molecule has 1 heterocycles. The molecule has 2 rings (SSSR count). The van der Waals surface area contributed by atoms with Crippen molar-refractivity contribution in [2.75, 3.05) is 39.8 Å². The number of rotatable bonds is 8. The normalized spacial score (nSPS) is 20.6. The topological polar surface area (TPSA) is 35.6 Å². The number of carbonyl (C=O) groups excluding carboxylic acids is 1. The van der Waals surface area contributed by atoms with E-state index in [4.69, 9.17) is 0 Å². The molecule has 1 N–H and O–H groups in total. The van der Waals surface area contributed by atoms with Crippen LogP contribution in [0.2, 0.25) is 0 Å². The lowest BCUT2D eigenvalue weighted by atomic mass is 9.96. The van der Waals surface area contributed by atoms with Gasteiger partial charge in [-0.15, -0.1) is 0 Å². The number of piperidine rings is 1. The molecule has 0 aromatic heterocycles. The van der Waals surface area contributed by atoms with Crippen molar-refractivity contribution >= 4 is 5.91 Å². The van der Waals surface area contributed by atoms with Gasteiger partial charge in [-0.3, -0.25) is 4.79 Å². The van der Waals surface area contributed by atoms with Crippen molar-refractivity contribution in [3.63, 3.8) is 0 Å². The van der Waals surface area contributed by atoms with Gasteiger partial charge in [-0.2, -0.15) is 0 Å². The van der Waals surface area contributed by atoms with Crippen LogP contribution < -0.4 is 5.32 Å². The molecule has 4 heteroatoms. The number of nitrogens with one attached hydrogen (secondary N) is 1. The molecule has 0 spiro atoms. The number of amides is 1. The van der Waals surface area contributed by atoms with Crippen LogP contribution in [0.5, 0.6) is 0 Å². The Morgan fingerprint density at radius 1 is 1.25 bits per heavy atom. The summed E-state index contributed by atoms with van der Waals surface area (Å²) in [7, 11) is 2.23. The highest BCUT2D eigenvalue weighted by Crippen LogP contribution is 2.20. The zero-order valence-electron chi connectivity index (χ0n) is 13.2. The molecule has 0 atom stereocenters. The van der Waals surface area contributed by atoms with Gasteiger partial charge in [-0.1, -0.05) is 13.3 Å². The van der Waals surface area contributed by atoms with Crippen molar-refractivity contribution < 1.29 is 4.79 Å². The number of likely N-dealkylation sites (tertiary alicyclic amines) is 1. The Bertz CT molecular complexity index is 296. The van der Waals surface area contributed by atoms with Crippen LogP contribution in [-0.4, -0.2) is 61.5 Å². The largest absolute Gasteiger partial charge is 0.342 e. The lowest BCUT2D eigenvalue weighted by Gasteiger charge is -2.34. The second kappa shape index (κ2) is 7.99. The van der Waals surface area contributed by atoms with Crippen molar-refractivity contribution in [1.29, 1.82) is 0 Å². The maximum absolute atomic E-state index is 12.1. The molecule has 116 valence electrons. The van der Waals surface area contributed by atoms with Crippen LogP contribution in [0.4, 0.5) is 0 Å². The number of unbranched alkanes of at least 4 members (excludes halogenated alkanes) is 1. The highest BCUT2D eigenvalue weighted by molar-refractivity contribution is 5.78. The van der Waals surface area contributed by atoms with Crippen LogP contribution in [-0.2, 0) is 4.79 Å². The fraction of sp³-hybridized carbons (Fsp3) is 0.938. The fourth-order valence-electron chi connectivity index (χ4n) is 2.96. The molecule has 0 radical (unpaired) electrons. The Morgan fingerprint density at radius 3 is 2.55 bits per heavy atom. The molecule has 0 aromatic carbocycles. The Hall–Kier alpha value is -0.610. The monoisotopic (exact) mass is 281 g/mol. The van der Waals surface area contributed by atoms with Gasteiger partial charge in [0.15, 0.2) is 0 Å². The van der Waals surface area contributed by atoms with E-state index in [9.17, 15) is 4.79 Å². The maximum Gasteiger partial charge on any atom is 0.236 e. The van der Waals surface area contributed by atoms with Crippen LogP contribution >= 0.6 is 0 Å². The van der Waals surface area contributed by atoms with E-state index in [1.54, 1.807) is 0 Å². The van der Waals surface area contributed by atoms with E-state index in [1.165, 1.54) is 51.6 Å². The molecule has 0 unspecified atom stereocenters. The first-order valence-electron chi connectivity index (χ1n) is 8.38. The number of nitrogens with zero attached hydrogens (tertiary/aromatic N) is 2. The predicted molar refractivity (Wildman–Crippen MR) is 82.7 cm³/mol. The van der Waals surface area contributed by atoms with E-state index in [1.807, 2.05) is 0 Å². The molecule has 1 aliphatic heterocycles. The third kappa shape index (κ3) is 5.41. The SMILES string of the molecule is CCCCN(C)CC1CCN(C(=O)CNC2CC2)CC1. The van der Waals surface area contributed by atoms with Gasteiger partial charge in [-0.05, 0) is 51.6 Å². The van der Waals surface area contributed by atoms with E-state index in [0.717, 1.165) is 19.0 Å². The van der Waals surface area contributed by atoms with Gasteiger partial charge >= 0.3 is 0 Å². The quantitative estimate of drug-likeness (QED) is 0.736. The summed E-state index contributed by atoms with van der Waals surface area (Å²) < 4.78 is 0. The summed E-state index contributed by atoms with van der Waals surface area (Å²) >= 11 is 0. The van der Waals surface area contributed by atoms with Crippen LogP contribution in [0.3, 0.4) is 0 Å². The second-order valence-electron chi connectivity index (χ2n) is 6.60. The van der Waals surface area contributed by atoms with Crippen molar-refractivity contribution in [2.24, 2.45) is 5.92 Å². The van der Waals surface area contributed by atoms with Crippen molar-refractivity contribution in [2.45, 2.75) is 51.5 Å².